The van der Waals surface area contributed by atoms with Crippen molar-refractivity contribution in [3.05, 3.63) is 53.5 Å². The van der Waals surface area contributed by atoms with Gasteiger partial charge < -0.3 is 9.26 Å². The highest BCUT2D eigenvalue weighted by molar-refractivity contribution is 5.85. The quantitative estimate of drug-likeness (QED) is 0.695. The summed E-state index contributed by atoms with van der Waals surface area (Å²) in [5.41, 5.74) is 4.30. The van der Waals surface area contributed by atoms with Gasteiger partial charge >= 0.3 is 0 Å². The summed E-state index contributed by atoms with van der Waals surface area (Å²) in [6.07, 6.45) is 5.39. The summed E-state index contributed by atoms with van der Waals surface area (Å²) in [6, 6.07) is 10.6. The molecule has 1 atom stereocenters. The third kappa shape index (κ3) is 4.17. The van der Waals surface area contributed by atoms with Crippen LogP contribution < -0.4 is 4.74 Å². The summed E-state index contributed by atoms with van der Waals surface area (Å²) in [6.45, 7) is 3.91. The van der Waals surface area contributed by atoms with Crippen molar-refractivity contribution in [2.24, 2.45) is 0 Å². The molecule has 2 aromatic heterocycles. The second kappa shape index (κ2) is 8.59. The van der Waals surface area contributed by atoms with Crippen LogP contribution in [0.5, 0.6) is 5.75 Å². The standard InChI is InChI=1S/C20H24N4O2.ClH/c1-14-11-19(26-23-14)17-12-21-22-20(17)18-5-3-4-10-24(18)13-15-6-8-16(25-2)9-7-15;/h6-9,11-12,18H,3-5,10,13H2,1-2H3,(H,21,22);1H. The number of nitrogens with one attached hydrogen (secondary N) is 1. The van der Waals surface area contributed by atoms with E-state index in [1.807, 2.05) is 31.3 Å². The Bertz CT molecular complexity index is 859. The van der Waals surface area contributed by atoms with E-state index < -0.39 is 0 Å². The van der Waals surface area contributed by atoms with Crippen LogP contribution in [0.15, 0.2) is 41.1 Å². The number of hydrogen-bond donors (Lipinski definition) is 1. The van der Waals surface area contributed by atoms with Crippen molar-refractivity contribution in [2.75, 3.05) is 13.7 Å². The van der Waals surface area contributed by atoms with E-state index >= 15 is 0 Å². The Morgan fingerprint density at radius 2 is 2.07 bits per heavy atom. The maximum absolute atomic E-state index is 5.48. The molecule has 144 valence electrons. The number of likely N-dealkylation sites (tertiary alicyclic amines) is 1. The summed E-state index contributed by atoms with van der Waals surface area (Å²) in [5, 5.41) is 11.5. The molecule has 6 nitrogen and oxygen atoms in total. The molecule has 0 amide bonds. The largest absolute Gasteiger partial charge is 0.497 e. The van der Waals surface area contributed by atoms with Gasteiger partial charge in [-0.25, -0.2) is 0 Å². The van der Waals surface area contributed by atoms with Gasteiger partial charge in [0.2, 0.25) is 0 Å². The molecule has 3 heterocycles. The van der Waals surface area contributed by atoms with Gasteiger partial charge in [0.05, 0.1) is 36.3 Å². The molecule has 1 aliphatic heterocycles. The Morgan fingerprint density at radius 1 is 1.26 bits per heavy atom. The van der Waals surface area contributed by atoms with Gasteiger partial charge in [0.15, 0.2) is 5.76 Å². The molecule has 0 saturated carbocycles. The van der Waals surface area contributed by atoms with Crippen molar-refractivity contribution in [1.82, 2.24) is 20.3 Å². The van der Waals surface area contributed by atoms with Gasteiger partial charge in [-0.15, -0.1) is 12.4 Å². The molecule has 3 aromatic rings. The Hall–Kier alpha value is -2.31. The lowest BCUT2D eigenvalue weighted by molar-refractivity contribution is 0.137. The summed E-state index contributed by atoms with van der Waals surface area (Å²) in [5.74, 6) is 1.67. The van der Waals surface area contributed by atoms with Crippen LogP contribution in [0.2, 0.25) is 0 Å². The fourth-order valence-corrected chi connectivity index (χ4v) is 3.71. The van der Waals surface area contributed by atoms with Crippen LogP contribution in [0.3, 0.4) is 0 Å². The lowest BCUT2D eigenvalue weighted by atomic mass is 9.95. The van der Waals surface area contributed by atoms with Crippen molar-refractivity contribution in [3.8, 4) is 17.1 Å². The molecule has 1 N–H and O–H groups in total. The van der Waals surface area contributed by atoms with Gasteiger partial charge in [-0.1, -0.05) is 23.7 Å². The summed E-state index contributed by atoms with van der Waals surface area (Å²) in [4.78, 5) is 2.52. The number of aryl methyl sites for hydroxylation is 1. The van der Waals surface area contributed by atoms with E-state index in [4.69, 9.17) is 9.26 Å². The second-order valence-corrected chi connectivity index (χ2v) is 6.86. The van der Waals surface area contributed by atoms with E-state index in [-0.39, 0.29) is 12.4 Å². The molecule has 1 aliphatic rings. The number of piperidine rings is 1. The fourth-order valence-electron chi connectivity index (χ4n) is 3.71. The van der Waals surface area contributed by atoms with Crippen molar-refractivity contribution < 1.29 is 9.26 Å². The molecule has 1 fully saturated rings. The van der Waals surface area contributed by atoms with Crippen LogP contribution in [0.1, 0.15) is 42.3 Å². The van der Waals surface area contributed by atoms with Crippen molar-refractivity contribution in [2.45, 2.75) is 38.8 Å². The molecule has 0 spiro atoms. The highest BCUT2D eigenvalue weighted by Gasteiger charge is 2.28. The Balaban J connectivity index is 0.00000210. The van der Waals surface area contributed by atoms with Crippen LogP contribution in [0, 0.1) is 6.92 Å². The zero-order valence-corrected chi connectivity index (χ0v) is 16.5. The third-order valence-corrected chi connectivity index (χ3v) is 5.05. The Morgan fingerprint density at radius 3 is 2.78 bits per heavy atom. The number of ether oxygens (including phenoxy) is 1. The van der Waals surface area contributed by atoms with E-state index in [9.17, 15) is 0 Å². The van der Waals surface area contributed by atoms with Gasteiger partial charge in [-0.05, 0) is 44.0 Å². The number of methoxy groups -OCH3 is 1. The van der Waals surface area contributed by atoms with Gasteiger partial charge in [0.25, 0.3) is 0 Å². The molecule has 1 saturated heterocycles. The van der Waals surface area contributed by atoms with E-state index in [1.165, 1.54) is 18.4 Å². The summed E-state index contributed by atoms with van der Waals surface area (Å²) >= 11 is 0. The van der Waals surface area contributed by atoms with E-state index in [0.717, 1.165) is 48.0 Å². The lowest BCUT2D eigenvalue weighted by Gasteiger charge is -2.35. The van der Waals surface area contributed by atoms with Crippen LogP contribution in [-0.2, 0) is 6.54 Å². The number of H-pyrrole nitrogens is 1. The minimum Gasteiger partial charge on any atom is -0.497 e. The predicted octanol–water partition coefficient (Wildman–Crippen LogP) is 4.53. The van der Waals surface area contributed by atoms with Crippen LogP contribution in [0.25, 0.3) is 11.3 Å². The average Bonchev–Trinajstić information content (AvgIpc) is 3.31. The molecule has 27 heavy (non-hydrogen) atoms. The Kier molecular flexibility index (Phi) is 6.19. The number of hydrogen-bond acceptors (Lipinski definition) is 5. The third-order valence-electron chi connectivity index (χ3n) is 5.05. The van der Waals surface area contributed by atoms with Crippen LogP contribution in [0.4, 0.5) is 0 Å². The van der Waals surface area contributed by atoms with Crippen LogP contribution >= 0.6 is 12.4 Å². The molecule has 0 bridgehead atoms. The van der Waals surface area contributed by atoms with Gasteiger partial charge in [0, 0.05) is 12.6 Å². The highest BCUT2D eigenvalue weighted by Crippen LogP contribution is 2.36. The van der Waals surface area contributed by atoms with Crippen molar-refractivity contribution in [1.29, 1.82) is 0 Å². The predicted molar refractivity (Wildman–Crippen MR) is 106 cm³/mol. The van der Waals surface area contributed by atoms with Gasteiger partial charge in [-0.2, -0.15) is 5.10 Å². The average molecular weight is 389 g/mol. The second-order valence-electron chi connectivity index (χ2n) is 6.86. The van der Waals surface area contributed by atoms with E-state index in [0.29, 0.717) is 6.04 Å². The molecule has 0 aliphatic carbocycles. The summed E-state index contributed by atoms with van der Waals surface area (Å²) < 4.78 is 10.7. The number of nitrogens with zero attached hydrogens (tertiary/aromatic N) is 3. The molecule has 4 rings (SSSR count). The normalized spacial score (nSPS) is 17.5. The maximum atomic E-state index is 5.48. The van der Waals surface area contributed by atoms with Gasteiger partial charge in [0.1, 0.15) is 5.75 Å². The first-order valence-corrected chi connectivity index (χ1v) is 9.08. The first-order chi connectivity index (χ1) is 12.7. The molecule has 1 aromatic carbocycles. The zero-order chi connectivity index (χ0) is 17.9. The molecule has 7 heteroatoms. The number of rotatable bonds is 5. The SMILES string of the molecule is COc1ccc(CN2CCCCC2c2[nH]ncc2-c2cc(C)no2)cc1.Cl. The number of aromatic amines is 1. The minimum absolute atomic E-state index is 0. The van der Waals surface area contributed by atoms with Crippen molar-refractivity contribution in [3.63, 3.8) is 0 Å². The first-order valence-electron chi connectivity index (χ1n) is 9.08. The van der Waals surface area contributed by atoms with Crippen molar-refractivity contribution >= 4 is 12.4 Å². The minimum atomic E-state index is 0. The number of benzene rings is 1. The summed E-state index contributed by atoms with van der Waals surface area (Å²) in [7, 11) is 1.70. The Labute approximate surface area is 165 Å². The zero-order valence-electron chi connectivity index (χ0n) is 15.6. The van der Waals surface area contributed by atoms with E-state index in [2.05, 4.69) is 32.4 Å². The van der Waals surface area contributed by atoms with E-state index in [1.54, 1.807) is 7.11 Å². The topological polar surface area (TPSA) is 67.2 Å². The lowest BCUT2D eigenvalue weighted by Crippen LogP contribution is -2.33. The molecule has 0 radical (unpaired) electrons. The smallest absolute Gasteiger partial charge is 0.170 e. The van der Waals surface area contributed by atoms with Gasteiger partial charge in [-0.3, -0.25) is 10.00 Å². The number of aromatic nitrogens is 3. The molecule has 1 unspecified atom stereocenters. The molecular weight excluding hydrogens is 364 g/mol. The van der Waals surface area contributed by atoms with Crippen LogP contribution in [-0.4, -0.2) is 33.9 Å². The monoisotopic (exact) mass is 388 g/mol. The first kappa shape index (κ1) is 19.5. The maximum Gasteiger partial charge on any atom is 0.170 e. The molecular formula is C20H25ClN4O2. The highest BCUT2D eigenvalue weighted by atomic mass is 35.5. The fraction of sp³-hybridized carbons (Fsp3) is 0.400. The number of halogens is 1.